The van der Waals surface area contributed by atoms with Gasteiger partial charge in [0.05, 0.1) is 11.3 Å². The monoisotopic (exact) mass is 398 g/mol. The number of nitriles is 1. The number of nitrogens with zero attached hydrogens (tertiary/aromatic N) is 5. The number of anilines is 1. The van der Waals surface area contributed by atoms with E-state index in [-0.39, 0.29) is 6.79 Å². The minimum atomic E-state index is 0.242. The maximum atomic E-state index is 8.86. The molecule has 0 amide bonds. The quantitative estimate of drug-likeness (QED) is 0.497. The van der Waals surface area contributed by atoms with E-state index in [2.05, 4.69) is 21.4 Å². The van der Waals surface area contributed by atoms with E-state index < -0.39 is 0 Å². The molecule has 0 radical (unpaired) electrons. The predicted molar refractivity (Wildman–Crippen MR) is 110 cm³/mol. The Morgan fingerprint density at radius 1 is 1.10 bits per heavy atom. The summed E-state index contributed by atoms with van der Waals surface area (Å²) >= 11 is 0. The highest BCUT2D eigenvalue weighted by atomic mass is 16.7. The minimum absolute atomic E-state index is 0.242. The molecule has 0 unspecified atom stereocenters. The topological polar surface area (TPSA) is 97.4 Å². The fourth-order valence-corrected chi connectivity index (χ4v) is 3.36. The van der Waals surface area contributed by atoms with Gasteiger partial charge in [-0.05, 0) is 43.2 Å². The lowest BCUT2D eigenvalue weighted by Crippen LogP contribution is -2.09. The second-order valence-electron chi connectivity index (χ2n) is 6.87. The molecule has 0 saturated heterocycles. The Bertz CT molecular complexity index is 1240. The molecule has 8 heteroatoms. The first-order valence-corrected chi connectivity index (χ1v) is 9.63. The van der Waals surface area contributed by atoms with Crippen LogP contribution in [-0.4, -0.2) is 32.7 Å². The maximum Gasteiger partial charge on any atom is 0.231 e. The Morgan fingerprint density at radius 2 is 2.03 bits per heavy atom. The molecular formula is C22H18N6O2. The van der Waals surface area contributed by atoms with Crippen molar-refractivity contribution in [3.8, 4) is 28.8 Å². The number of hydrogen-bond donors (Lipinski definition) is 1. The highest BCUT2D eigenvalue weighted by molar-refractivity contribution is 5.69. The van der Waals surface area contributed by atoms with Crippen LogP contribution in [0.4, 0.5) is 5.95 Å². The van der Waals surface area contributed by atoms with E-state index >= 15 is 0 Å². The first-order valence-electron chi connectivity index (χ1n) is 9.63. The van der Waals surface area contributed by atoms with Crippen LogP contribution in [0.2, 0.25) is 0 Å². The summed E-state index contributed by atoms with van der Waals surface area (Å²) in [4.78, 5) is 13.5. The van der Waals surface area contributed by atoms with Crippen LogP contribution in [-0.2, 0) is 6.42 Å². The first-order chi connectivity index (χ1) is 14.8. The summed E-state index contributed by atoms with van der Waals surface area (Å²) in [5.74, 6) is 2.20. The molecule has 1 aromatic carbocycles. The van der Waals surface area contributed by atoms with Crippen LogP contribution in [0.1, 0.15) is 17.7 Å². The van der Waals surface area contributed by atoms with E-state index in [0.29, 0.717) is 5.56 Å². The summed E-state index contributed by atoms with van der Waals surface area (Å²) < 4.78 is 12.8. The van der Waals surface area contributed by atoms with Crippen LogP contribution in [0.25, 0.3) is 16.9 Å². The summed E-state index contributed by atoms with van der Waals surface area (Å²) in [6, 6.07) is 13.5. The first kappa shape index (κ1) is 17.9. The predicted octanol–water partition coefficient (Wildman–Crippen LogP) is 3.44. The Balaban J connectivity index is 1.32. The molecule has 5 rings (SSSR count). The molecule has 1 N–H and O–H groups in total. The van der Waals surface area contributed by atoms with Crippen LogP contribution >= 0.6 is 0 Å². The summed E-state index contributed by atoms with van der Waals surface area (Å²) in [7, 11) is 0. The number of nitrogens with one attached hydrogen (secondary N) is 1. The molecule has 148 valence electrons. The van der Waals surface area contributed by atoms with Crippen LogP contribution in [0.15, 0.2) is 55.0 Å². The van der Waals surface area contributed by atoms with Crippen LogP contribution in [0, 0.1) is 11.3 Å². The van der Waals surface area contributed by atoms with Gasteiger partial charge in [0.1, 0.15) is 11.7 Å². The molecule has 0 atom stereocenters. The van der Waals surface area contributed by atoms with Crippen molar-refractivity contribution in [1.29, 1.82) is 5.26 Å². The molecule has 8 nitrogen and oxygen atoms in total. The minimum Gasteiger partial charge on any atom is -0.454 e. The van der Waals surface area contributed by atoms with Gasteiger partial charge in [-0.1, -0.05) is 0 Å². The fourth-order valence-electron chi connectivity index (χ4n) is 3.36. The van der Waals surface area contributed by atoms with E-state index in [4.69, 9.17) is 19.7 Å². The van der Waals surface area contributed by atoms with Crippen molar-refractivity contribution < 1.29 is 9.47 Å². The average Bonchev–Trinajstić information content (AvgIpc) is 3.45. The van der Waals surface area contributed by atoms with Gasteiger partial charge in [-0.15, -0.1) is 0 Å². The lowest BCUT2D eigenvalue weighted by molar-refractivity contribution is 0.174. The van der Waals surface area contributed by atoms with Crippen molar-refractivity contribution >= 4 is 11.6 Å². The zero-order valence-electron chi connectivity index (χ0n) is 16.1. The second kappa shape index (κ2) is 7.72. The molecule has 0 fully saturated rings. The standard InChI is InChI=1S/C22H18N6O2/c23-12-15-3-5-17(26-13-15)2-1-7-25-22-27-18(11-21-24-8-9-28(21)22)16-4-6-19-20(10-16)30-14-29-19/h3-6,8-11,13H,1-2,7,14H2,(H,25,27). The number of rotatable bonds is 6. The van der Waals surface area contributed by atoms with Gasteiger partial charge < -0.3 is 14.8 Å². The van der Waals surface area contributed by atoms with Gasteiger partial charge in [-0.2, -0.15) is 5.26 Å². The Morgan fingerprint density at radius 3 is 2.90 bits per heavy atom. The van der Waals surface area contributed by atoms with Crippen molar-refractivity contribution in [3.63, 3.8) is 0 Å². The zero-order chi connectivity index (χ0) is 20.3. The molecule has 4 heterocycles. The average molecular weight is 398 g/mol. The maximum absolute atomic E-state index is 8.86. The molecule has 0 bridgehead atoms. The summed E-state index contributed by atoms with van der Waals surface area (Å²) in [6.07, 6.45) is 6.94. The van der Waals surface area contributed by atoms with Gasteiger partial charge in [0.15, 0.2) is 11.5 Å². The Kier molecular flexibility index (Phi) is 4.62. The van der Waals surface area contributed by atoms with Gasteiger partial charge in [0.2, 0.25) is 12.7 Å². The summed E-state index contributed by atoms with van der Waals surface area (Å²) in [5.41, 5.74) is 4.10. The van der Waals surface area contributed by atoms with Crippen molar-refractivity contribution in [1.82, 2.24) is 19.4 Å². The lowest BCUT2D eigenvalue weighted by Gasteiger charge is -2.11. The fraction of sp³-hybridized carbons (Fsp3) is 0.182. The van der Waals surface area contributed by atoms with Crippen LogP contribution < -0.4 is 14.8 Å². The van der Waals surface area contributed by atoms with Crippen molar-refractivity contribution in [3.05, 3.63) is 66.2 Å². The van der Waals surface area contributed by atoms with E-state index in [1.807, 2.05) is 40.9 Å². The number of benzene rings is 1. The van der Waals surface area contributed by atoms with Crippen molar-refractivity contribution in [2.45, 2.75) is 12.8 Å². The molecule has 1 aliphatic heterocycles. The van der Waals surface area contributed by atoms with Gasteiger partial charge in [-0.3, -0.25) is 9.38 Å². The molecule has 0 saturated carbocycles. The van der Waals surface area contributed by atoms with Crippen molar-refractivity contribution in [2.75, 3.05) is 18.7 Å². The molecule has 4 aromatic rings. The van der Waals surface area contributed by atoms with E-state index in [1.54, 1.807) is 18.5 Å². The molecule has 1 aliphatic rings. The van der Waals surface area contributed by atoms with Crippen molar-refractivity contribution in [2.24, 2.45) is 0 Å². The molecule has 3 aromatic heterocycles. The third-order valence-corrected chi connectivity index (χ3v) is 4.90. The number of aromatic nitrogens is 4. The van der Waals surface area contributed by atoms with E-state index in [1.165, 1.54) is 0 Å². The van der Waals surface area contributed by atoms with Gasteiger partial charge >= 0.3 is 0 Å². The SMILES string of the molecule is N#Cc1ccc(CCCNc2nc(-c3ccc4c(c3)OCO4)cc3nccn23)nc1. The number of pyridine rings is 1. The molecular weight excluding hydrogens is 380 g/mol. The number of fused-ring (bicyclic) bond motifs is 2. The number of hydrogen-bond acceptors (Lipinski definition) is 7. The smallest absolute Gasteiger partial charge is 0.231 e. The molecule has 30 heavy (non-hydrogen) atoms. The third kappa shape index (κ3) is 3.49. The van der Waals surface area contributed by atoms with Crippen LogP contribution in [0.3, 0.4) is 0 Å². The number of aryl methyl sites for hydroxylation is 1. The summed E-state index contributed by atoms with van der Waals surface area (Å²) in [5, 5.41) is 12.3. The summed E-state index contributed by atoms with van der Waals surface area (Å²) in [6.45, 7) is 0.971. The van der Waals surface area contributed by atoms with Gasteiger partial charge in [-0.25, -0.2) is 9.97 Å². The normalized spacial score (nSPS) is 12.1. The molecule has 0 spiro atoms. The van der Waals surface area contributed by atoms with Gasteiger partial charge in [0.25, 0.3) is 0 Å². The third-order valence-electron chi connectivity index (χ3n) is 4.90. The Labute approximate surface area is 172 Å². The zero-order valence-corrected chi connectivity index (χ0v) is 16.1. The van der Waals surface area contributed by atoms with Crippen LogP contribution in [0.5, 0.6) is 11.5 Å². The number of imidazole rings is 1. The largest absolute Gasteiger partial charge is 0.454 e. The number of ether oxygens (including phenoxy) is 2. The highest BCUT2D eigenvalue weighted by Gasteiger charge is 2.15. The lowest BCUT2D eigenvalue weighted by atomic mass is 10.1. The van der Waals surface area contributed by atoms with E-state index in [0.717, 1.165) is 59.4 Å². The van der Waals surface area contributed by atoms with E-state index in [9.17, 15) is 0 Å². The molecule has 0 aliphatic carbocycles. The second-order valence-corrected chi connectivity index (χ2v) is 6.87. The van der Waals surface area contributed by atoms with Gasteiger partial charge in [0, 0.05) is 42.5 Å². The Hall–Kier alpha value is -4.12. The highest BCUT2D eigenvalue weighted by Crippen LogP contribution is 2.35.